The monoisotopic (exact) mass is 372 g/mol. The summed E-state index contributed by atoms with van der Waals surface area (Å²) in [6.45, 7) is 1.89. The average molecular weight is 372 g/mol. The zero-order valence-corrected chi connectivity index (χ0v) is 15.3. The van der Waals surface area contributed by atoms with Crippen molar-refractivity contribution in [3.8, 4) is 11.6 Å². The molecule has 7 nitrogen and oxygen atoms in total. The minimum atomic E-state index is -0.367. The van der Waals surface area contributed by atoms with E-state index in [1.54, 1.807) is 4.57 Å². The Kier molecular flexibility index (Phi) is 3.61. The number of methoxy groups -OCH3 is 1. The molecule has 0 amide bonds. The van der Waals surface area contributed by atoms with Gasteiger partial charge in [0.2, 0.25) is 0 Å². The van der Waals surface area contributed by atoms with Crippen molar-refractivity contribution in [2.24, 2.45) is 0 Å². The highest BCUT2D eigenvalue weighted by Crippen LogP contribution is 2.29. The van der Waals surface area contributed by atoms with E-state index in [9.17, 15) is 4.79 Å². The number of benzene rings is 2. The molecule has 0 radical (unpaired) electrons. The van der Waals surface area contributed by atoms with Gasteiger partial charge in [0.1, 0.15) is 12.3 Å². The third-order valence-corrected chi connectivity index (χ3v) is 4.68. The van der Waals surface area contributed by atoms with Crippen LogP contribution in [0.15, 0.2) is 52.9 Å². The van der Waals surface area contributed by atoms with Gasteiger partial charge in [-0.2, -0.15) is 0 Å². The van der Waals surface area contributed by atoms with Crippen LogP contribution in [0.3, 0.4) is 0 Å². The van der Waals surface area contributed by atoms with Crippen molar-refractivity contribution in [2.75, 3.05) is 7.11 Å². The van der Waals surface area contributed by atoms with Crippen molar-refractivity contribution in [2.45, 2.75) is 13.5 Å². The number of aromatic nitrogens is 4. The number of rotatable bonds is 3. The predicted octanol–water partition coefficient (Wildman–Crippen LogP) is 3.87. The number of furan rings is 1. The zero-order chi connectivity index (χ0) is 19.3. The molecule has 0 atom stereocenters. The summed E-state index contributed by atoms with van der Waals surface area (Å²) in [6, 6.07) is 15.2. The number of ether oxygens (including phenoxy) is 1. The average Bonchev–Trinajstić information content (AvgIpc) is 3.28. The van der Waals surface area contributed by atoms with Crippen molar-refractivity contribution in [3.63, 3.8) is 0 Å². The molecule has 138 valence electrons. The van der Waals surface area contributed by atoms with Crippen LogP contribution in [-0.4, -0.2) is 32.6 Å². The molecule has 0 aliphatic heterocycles. The molecule has 0 aliphatic rings. The normalized spacial score (nSPS) is 11.5. The van der Waals surface area contributed by atoms with Gasteiger partial charge in [-0.25, -0.2) is 15.0 Å². The highest BCUT2D eigenvalue weighted by atomic mass is 16.5. The van der Waals surface area contributed by atoms with Crippen molar-refractivity contribution in [1.29, 1.82) is 0 Å². The van der Waals surface area contributed by atoms with Crippen molar-refractivity contribution in [3.05, 3.63) is 54.3 Å². The van der Waals surface area contributed by atoms with Crippen molar-refractivity contribution in [1.82, 2.24) is 19.5 Å². The molecule has 0 N–H and O–H groups in total. The molecule has 2 aromatic carbocycles. The number of nitrogens with zero attached hydrogens (tertiary/aromatic N) is 4. The first-order chi connectivity index (χ1) is 13.6. The maximum Gasteiger partial charge on any atom is 0.325 e. The van der Waals surface area contributed by atoms with Crippen LogP contribution < -0.4 is 0 Å². The molecule has 28 heavy (non-hydrogen) atoms. The Morgan fingerprint density at radius 1 is 0.964 bits per heavy atom. The minimum Gasteiger partial charge on any atom is -0.468 e. The third kappa shape index (κ3) is 2.60. The summed E-state index contributed by atoms with van der Waals surface area (Å²) in [5.41, 5.74) is 4.60. The molecular formula is C21H16N4O3. The lowest BCUT2D eigenvalue weighted by Crippen LogP contribution is -2.12. The fourth-order valence-electron chi connectivity index (χ4n) is 3.34. The standard InChI is InChI=1S/C21H16N4O3/c1-12-7-8-19(28-12)21-24-17-9-15-16(10-18(17)25(21)11-20(26)27-2)23-14-6-4-3-5-13(14)22-15/h3-10H,11H2,1-2H3. The molecule has 5 aromatic rings. The molecule has 0 aliphatic carbocycles. The summed E-state index contributed by atoms with van der Waals surface area (Å²) < 4.78 is 12.4. The Morgan fingerprint density at radius 2 is 1.68 bits per heavy atom. The lowest BCUT2D eigenvalue weighted by Gasteiger charge is -2.07. The molecule has 0 fully saturated rings. The number of esters is 1. The zero-order valence-electron chi connectivity index (χ0n) is 15.3. The van der Waals surface area contributed by atoms with Gasteiger partial charge in [-0.15, -0.1) is 0 Å². The molecule has 3 heterocycles. The predicted molar refractivity (Wildman–Crippen MR) is 105 cm³/mol. The number of hydrogen-bond acceptors (Lipinski definition) is 6. The third-order valence-electron chi connectivity index (χ3n) is 4.68. The van der Waals surface area contributed by atoms with Crippen LogP contribution in [0.4, 0.5) is 0 Å². The number of carbonyl (C=O) groups excluding carboxylic acids is 1. The van der Waals surface area contributed by atoms with Crippen LogP contribution in [0.5, 0.6) is 0 Å². The van der Waals surface area contributed by atoms with Crippen molar-refractivity contribution < 1.29 is 13.9 Å². The summed E-state index contributed by atoms with van der Waals surface area (Å²) in [5, 5.41) is 0. The highest BCUT2D eigenvalue weighted by molar-refractivity contribution is 5.96. The summed E-state index contributed by atoms with van der Waals surface area (Å²) in [7, 11) is 1.37. The number of carbonyl (C=O) groups is 1. The Balaban J connectivity index is 1.80. The summed E-state index contributed by atoms with van der Waals surface area (Å²) >= 11 is 0. The molecule has 3 aromatic heterocycles. The number of fused-ring (bicyclic) bond motifs is 3. The Labute approximate surface area is 159 Å². The topological polar surface area (TPSA) is 83.0 Å². The fourth-order valence-corrected chi connectivity index (χ4v) is 3.34. The van der Waals surface area contributed by atoms with Gasteiger partial charge < -0.3 is 13.7 Å². The molecule has 0 saturated carbocycles. The molecule has 0 bridgehead atoms. The van der Waals surface area contributed by atoms with Gasteiger partial charge >= 0.3 is 5.97 Å². The van der Waals surface area contributed by atoms with E-state index >= 15 is 0 Å². The van der Waals surface area contributed by atoms with Crippen molar-refractivity contribution >= 4 is 39.1 Å². The van der Waals surface area contributed by atoms with Gasteiger partial charge in [0.25, 0.3) is 0 Å². The molecule has 0 saturated heterocycles. The lowest BCUT2D eigenvalue weighted by atomic mass is 10.2. The lowest BCUT2D eigenvalue weighted by molar-refractivity contribution is -0.141. The quantitative estimate of drug-likeness (QED) is 0.353. The second-order valence-corrected chi connectivity index (χ2v) is 6.55. The highest BCUT2D eigenvalue weighted by Gasteiger charge is 2.19. The second kappa shape index (κ2) is 6.16. The van der Waals surface area contributed by atoms with Gasteiger partial charge in [0, 0.05) is 0 Å². The van der Waals surface area contributed by atoms with E-state index in [1.807, 2.05) is 55.5 Å². The van der Waals surface area contributed by atoms with E-state index < -0.39 is 0 Å². The molecular weight excluding hydrogens is 356 g/mol. The Morgan fingerprint density at radius 3 is 2.32 bits per heavy atom. The molecule has 5 rings (SSSR count). The maximum atomic E-state index is 12.0. The number of hydrogen-bond donors (Lipinski definition) is 0. The van der Waals surface area contributed by atoms with Gasteiger partial charge in [0.05, 0.1) is 40.2 Å². The van der Waals surface area contributed by atoms with Gasteiger partial charge in [-0.05, 0) is 43.3 Å². The van der Waals surface area contributed by atoms with Crippen LogP contribution in [0, 0.1) is 6.92 Å². The second-order valence-electron chi connectivity index (χ2n) is 6.55. The molecule has 0 spiro atoms. The van der Waals surface area contributed by atoms with E-state index in [-0.39, 0.29) is 12.5 Å². The number of aryl methyl sites for hydroxylation is 1. The van der Waals surface area contributed by atoms with Gasteiger partial charge in [-0.1, -0.05) is 12.1 Å². The Hall–Kier alpha value is -3.74. The number of para-hydroxylation sites is 2. The molecule has 7 heteroatoms. The first kappa shape index (κ1) is 16.4. The maximum absolute atomic E-state index is 12.0. The van der Waals surface area contributed by atoms with Crippen LogP contribution in [0.1, 0.15) is 5.76 Å². The van der Waals surface area contributed by atoms with E-state index in [0.717, 1.165) is 33.3 Å². The van der Waals surface area contributed by atoms with Crippen LogP contribution in [0.25, 0.3) is 44.7 Å². The first-order valence-electron chi connectivity index (χ1n) is 8.83. The van der Waals surface area contributed by atoms with Gasteiger partial charge in [-0.3, -0.25) is 4.79 Å². The SMILES string of the molecule is COC(=O)Cn1c(-c2ccc(C)o2)nc2cc3nc4ccccc4nc3cc21. The smallest absolute Gasteiger partial charge is 0.325 e. The van der Waals surface area contributed by atoms with Crippen LogP contribution in [-0.2, 0) is 16.1 Å². The summed E-state index contributed by atoms with van der Waals surface area (Å²) in [5.74, 6) is 1.56. The van der Waals surface area contributed by atoms with Crippen LogP contribution in [0.2, 0.25) is 0 Å². The van der Waals surface area contributed by atoms with E-state index in [2.05, 4.69) is 0 Å². The largest absolute Gasteiger partial charge is 0.468 e. The van der Waals surface area contributed by atoms with E-state index in [0.29, 0.717) is 17.1 Å². The van der Waals surface area contributed by atoms with Crippen LogP contribution >= 0.6 is 0 Å². The first-order valence-corrected chi connectivity index (χ1v) is 8.83. The minimum absolute atomic E-state index is 0.0224. The van der Waals surface area contributed by atoms with Gasteiger partial charge in [0.15, 0.2) is 11.6 Å². The van der Waals surface area contributed by atoms with E-state index in [4.69, 9.17) is 24.1 Å². The fraction of sp³-hybridized carbons (Fsp3) is 0.143. The van der Waals surface area contributed by atoms with E-state index in [1.165, 1.54) is 7.11 Å². The molecule has 0 unspecified atom stereocenters. The number of imidazole rings is 1. The summed E-state index contributed by atoms with van der Waals surface area (Å²) in [4.78, 5) is 26.1. The summed E-state index contributed by atoms with van der Waals surface area (Å²) in [6.07, 6.45) is 0. The Bertz CT molecular complexity index is 1370.